The number of aliphatic hydroxyl groups is 5. The van der Waals surface area contributed by atoms with Crippen LogP contribution in [0.15, 0.2) is 90.4 Å². The van der Waals surface area contributed by atoms with Crippen molar-refractivity contribution in [2.75, 3.05) is 0 Å². The minimum atomic E-state index is -2.25. The number of rotatable bonds is 4. The summed E-state index contributed by atoms with van der Waals surface area (Å²) < 4.78 is 25.8. The fourth-order valence-electron chi connectivity index (χ4n) is 9.73. The van der Waals surface area contributed by atoms with Crippen molar-refractivity contribution in [2.45, 2.75) is 60.7 Å². The highest BCUT2D eigenvalue weighted by atomic mass is 16.7. The van der Waals surface area contributed by atoms with Crippen LogP contribution in [-0.4, -0.2) is 95.9 Å². The topological polar surface area (TPSA) is 320 Å². The smallest absolute Gasteiger partial charge is 0.264 e. The lowest BCUT2D eigenvalue weighted by molar-refractivity contribution is -0.313. The number of aromatic hydroxyl groups is 9. The Labute approximate surface area is 354 Å². The Kier molecular flexibility index (Phi) is 8.71. The van der Waals surface area contributed by atoms with Crippen LogP contribution in [0.1, 0.15) is 63.0 Å². The highest BCUT2D eigenvalue weighted by molar-refractivity contribution is 5.69. The van der Waals surface area contributed by atoms with Crippen molar-refractivity contribution < 1.29 is 90.4 Å². The first-order valence-electron chi connectivity index (χ1n) is 19.6. The lowest BCUT2D eigenvalue weighted by Crippen LogP contribution is -2.62. The van der Waals surface area contributed by atoms with E-state index < -0.39 is 123 Å². The maximum Gasteiger partial charge on any atom is 0.264 e. The van der Waals surface area contributed by atoms with Gasteiger partial charge in [-0.1, -0.05) is 12.1 Å². The molecular formula is C45H38O18. The number of phenolic OH excluding ortho intramolecular Hbond substituents is 9. The van der Waals surface area contributed by atoms with Crippen LogP contribution in [0.4, 0.5) is 0 Å². The third kappa shape index (κ3) is 5.79. The molecule has 18 nitrogen and oxygen atoms in total. The van der Waals surface area contributed by atoms with E-state index in [1.165, 1.54) is 30.3 Å². The van der Waals surface area contributed by atoms with Gasteiger partial charge in [0.1, 0.15) is 64.3 Å². The van der Waals surface area contributed by atoms with Gasteiger partial charge in [-0.25, -0.2) is 0 Å². The number of fused-ring (bicyclic) bond motifs is 9. The zero-order valence-corrected chi connectivity index (χ0v) is 32.3. The van der Waals surface area contributed by atoms with Crippen molar-refractivity contribution in [3.05, 3.63) is 129 Å². The lowest BCUT2D eigenvalue weighted by atomic mass is 9.67. The number of phenols is 9. The molecule has 5 aromatic carbocycles. The summed E-state index contributed by atoms with van der Waals surface area (Å²) in [6.07, 6.45) is -7.14. The van der Waals surface area contributed by atoms with Gasteiger partial charge in [0.2, 0.25) is 0 Å². The van der Waals surface area contributed by atoms with Gasteiger partial charge in [0.15, 0.2) is 40.6 Å². The standard InChI is InChI=1S/C45H38O18/c46-18-10-27(54)33-31(11-18)62-45(17-3-6-22(49)26(53)9-17)44(59)38(33)36-32(63-45)14-29(56)35-37(39(58)41(61-43(35)36)16-2-5-21(48)25(52)8-16)34-28(55)13-23(50)19-12-30(57)40(60-42(19)34)15-1-4-20(47)24(51)7-15/h1-11,13-14,30-31,33,37-41,44,46-59H,12H2/t30-,31-,33-,37+,38-,39-,40-,41-,44-,45+/m1/s1. The van der Waals surface area contributed by atoms with E-state index in [1.54, 1.807) is 0 Å². The summed E-state index contributed by atoms with van der Waals surface area (Å²) in [4.78, 5) is 0. The third-order valence-corrected chi connectivity index (χ3v) is 12.6. The van der Waals surface area contributed by atoms with E-state index in [0.29, 0.717) is 0 Å². The molecule has 10 rings (SSSR count). The van der Waals surface area contributed by atoms with Crippen LogP contribution in [0.2, 0.25) is 0 Å². The Morgan fingerprint density at radius 2 is 1.13 bits per heavy atom. The molecule has 0 spiro atoms. The maximum atomic E-state index is 12.5. The van der Waals surface area contributed by atoms with Crippen molar-refractivity contribution >= 4 is 0 Å². The van der Waals surface area contributed by atoms with Gasteiger partial charge in [0.25, 0.3) is 5.79 Å². The summed E-state index contributed by atoms with van der Waals surface area (Å²) in [5.74, 6) is -13.0. The number of hydrogen-bond donors (Lipinski definition) is 14. The lowest BCUT2D eigenvalue weighted by Gasteiger charge is -2.55. The van der Waals surface area contributed by atoms with Gasteiger partial charge in [-0.2, -0.15) is 0 Å². The molecule has 4 aliphatic heterocycles. The van der Waals surface area contributed by atoms with Crippen LogP contribution in [0, 0.1) is 5.92 Å². The van der Waals surface area contributed by atoms with Crippen LogP contribution < -0.4 is 14.2 Å². The second-order valence-electron chi connectivity index (χ2n) is 16.2. The molecule has 0 radical (unpaired) electrons. The molecule has 1 saturated heterocycles. The van der Waals surface area contributed by atoms with Crippen molar-refractivity contribution in [1.82, 2.24) is 0 Å². The van der Waals surface area contributed by atoms with Crippen molar-refractivity contribution in [2.24, 2.45) is 5.92 Å². The largest absolute Gasteiger partial charge is 0.512 e. The van der Waals surface area contributed by atoms with Gasteiger partial charge in [-0.3, -0.25) is 0 Å². The van der Waals surface area contributed by atoms with E-state index in [4.69, 9.17) is 18.9 Å². The number of ether oxygens (including phenoxy) is 4. The van der Waals surface area contributed by atoms with E-state index in [9.17, 15) is 71.5 Å². The molecule has 1 fully saturated rings. The summed E-state index contributed by atoms with van der Waals surface area (Å²) in [6, 6.07) is 12.8. The molecule has 0 aromatic heterocycles. The maximum absolute atomic E-state index is 12.5. The van der Waals surface area contributed by atoms with Crippen LogP contribution in [0.25, 0.3) is 0 Å². The van der Waals surface area contributed by atoms with E-state index in [-0.39, 0.29) is 62.6 Å². The minimum Gasteiger partial charge on any atom is -0.512 e. The Bertz CT molecular complexity index is 2820. The Hall–Kier alpha value is -7.38. The summed E-state index contributed by atoms with van der Waals surface area (Å²) in [6.45, 7) is 0. The molecule has 5 aromatic rings. The van der Waals surface area contributed by atoms with Crippen molar-refractivity contribution in [1.29, 1.82) is 0 Å². The van der Waals surface area contributed by atoms with Gasteiger partial charge in [-0.05, 0) is 59.7 Å². The SMILES string of the molecule is OC1=C[C@H]2O[C@@]3(c4ccc(O)c(O)c4)Oc4cc(O)c5c(c4[C@@H]([C@@H]2C(O)=C1)[C@H]3O)O[C@H](c1ccc(O)c(O)c1)[C@H](O)[C@H]5c1c(O)cc(O)c2c1O[C@H](c1ccc(O)c(O)c1)[C@H](O)C2. The third-order valence-electron chi connectivity index (χ3n) is 12.6. The van der Waals surface area contributed by atoms with E-state index in [0.717, 1.165) is 48.5 Å². The molecular weight excluding hydrogens is 828 g/mol. The minimum absolute atomic E-state index is 0.0206. The number of allylic oxidation sites excluding steroid dienone is 1. The Morgan fingerprint density at radius 1 is 0.540 bits per heavy atom. The molecule has 14 N–H and O–H groups in total. The second kappa shape index (κ2) is 13.8. The first-order valence-corrected chi connectivity index (χ1v) is 19.6. The van der Waals surface area contributed by atoms with Gasteiger partial charge >= 0.3 is 0 Å². The monoisotopic (exact) mass is 866 g/mol. The number of aliphatic hydroxyl groups excluding tert-OH is 5. The molecule has 0 unspecified atom stereocenters. The summed E-state index contributed by atoms with van der Waals surface area (Å²) in [5.41, 5.74) is -0.324. The van der Waals surface area contributed by atoms with Crippen LogP contribution in [0.3, 0.4) is 0 Å². The van der Waals surface area contributed by atoms with Gasteiger partial charge in [-0.15, -0.1) is 0 Å². The van der Waals surface area contributed by atoms with Crippen LogP contribution >= 0.6 is 0 Å². The van der Waals surface area contributed by atoms with Gasteiger partial charge in [0, 0.05) is 58.4 Å². The van der Waals surface area contributed by atoms with E-state index >= 15 is 0 Å². The fourth-order valence-corrected chi connectivity index (χ4v) is 9.73. The molecule has 1 aliphatic carbocycles. The molecule has 2 bridgehead atoms. The van der Waals surface area contributed by atoms with Crippen molar-refractivity contribution in [3.63, 3.8) is 0 Å². The fraction of sp³-hybridized carbons (Fsp3) is 0.244. The zero-order chi connectivity index (χ0) is 44.5. The van der Waals surface area contributed by atoms with Crippen LogP contribution in [0.5, 0.6) is 69.0 Å². The Balaban J connectivity index is 1.23. The summed E-state index contributed by atoms with van der Waals surface area (Å²) in [7, 11) is 0. The molecule has 10 atom stereocenters. The molecule has 0 saturated carbocycles. The first-order chi connectivity index (χ1) is 30.0. The molecule has 326 valence electrons. The number of hydrogen-bond acceptors (Lipinski definition) is 18. The predicted octanol–water partition coefficient (Wildman–Crippen LogP) is 4.30. The molecule has 0 amide bonds. The average Bonchev–Trinajstić information content (AvgIpc) is 3.22. The Morgan fingerprint density at radius 3 is 1.78 bits per heavy atom. The molecule has 63 heavy (non-hydrogen) atoms. The highest BCUT2D eigenvalue weighted by Gasteiger charge is 2.64. The van der Waals surface area contributed by atoms with Crippen LogP contribution in [-0.2, 0) is 16.9 Å². The molecule has 5 aliphatic rings. The first kappa shape index (κ1) is 39.7. The highest BCUT2D eigenvalue weighted by Crippen LogP contribution is 2.65. The normalized spacial score (nSPS) is 29.0. The molecule has 18 heteroatoms. The zero-order valence-electron chi connectivity index (χ0n) is 32.3. The van der Waals surface area contributed by atoms with Gasteiger partial charge < -0.3 is 90.4 Å². The van der Waals surface area contributed by atoms with Crippen molar-refractivity contribution in [3.8, 4) is 69.0 Å². The average molecular weight is 867 g/mol. The number of benzene rings is 5. The van der Waals surface area contributed by atoms with E-state index in [1.807, 2.05) is 0 Å². The summed E-state index contributed by atoms with van der Waals surface area (Å²) >= 11 is 0. The summed E-state index contributed by atoms with van der Waals surface area (Å²) in [5, 5.41) is 156. The molecule has 4 heterocycles. The predicted molar refractivity (Wildman–Crippen MR) is 212 cm³/mol. The quantitative estimate of drug-likeness (QED) is 0.112. The van der Waals surface area contributed by atoms with Gasteiger partial charge in [0.05, 0.1) is 24.0 Å². The second-order valence-corrected chi connectivity index (χ2v) is 16.2. The van der Waals surface area contributed by atoms with E-state index in [2.05, 4.69) is 0 Å².